The summed E-state index contributed by atoms with van der Waals surface area (Å²) in [7, 11) is 0. The molecule has 0 radical (unpaired) electrons. The van der Waals surface area contributed by atoms with Crippen LogP contribution in [0.3, 0.4) is 0 Å². The minimum Gasteiger partial charge on any atom is -0.320 e. The van der Waals surface area contributed by atoms with Crippen LogP contribution in [0.2, 0.25) is 0 Å². The molecule has 0 aliphatic carbocycles. The molecule has 5 heteroatoms. The summed E-state index contributed by atoms with van der Waals surface area (Å²) in [5, 5.41) is 13.3. The molecule has 1 aliphatic rings. The van der Waals surface area contributed by atoms with E-state index in [2.05, 4.69) is 5.32 Å². The van der Waals surface area contributed by atoms with Crippen molar-refractivity contribution >= 4 is 0 Å². The third kappa shape index (κ3) is 2.44. The van der Waals surface area contributed by atoms with Crippen LogP contribution in [-0.2, 0) is 0 Å². The van der Waals surface area contributed by atoms with E-state index in [0.29, 0.717) is 12.8 Å². The zero-order valence-electron chi connectivity index (χ0n) is 6.38. The van der Waals surface area contributed by atoms with E-state index in [1.807, 2.05) is 0 Å². The first-order valence-corrected chi connectivity index (χ1v) is 3.74. The molecular weight excluding hydrogens is 146 g/mol. The van der Waals surface area contributed by atoms with E-state index < -0.39 is 5.54 Å². The number of hydrogen-bond acceptors (Lipinski definition) is 4. The molecule has 0 aromatic carbocycles. The quantitative estimate of drug-likeness (QED) is 0.414. The van der Waals surface area contributed by atoms with Crippen LogP contribution in [-0.4, -0.2) is 30.1 Å². The molecule has 3 N–H and O–H groups in total. The predicted molar refractivity (Wildman–Crippen MR) is 40.9 cm³/mol. The molecule has 11 heavy (non-hydrogen) atoms. The second kappa shape index (κ2) is 3.15. The van der Waals surface area contributed by atoms with Gasteiger partial charge in [-0.05, 0) is 25.9 Å². The van der Waals surface area contributed by atoms with Gasteiger partial charge >= 0.3 is 0 Å². The van der Waals surface area contributed by atoms with Crippen LogP contribution in [0.4, 0.5) is 0 Å². The van der Waals surface area contributed by atoms with Crippen LogP contribution >= 0.6 is 0 Å². The van der Waals surface area contributed by atoms with E-state index in [-0.39, 0.29) is 11.5 Å². The Hall–Kier alpha value is -0.680. The normalized spacial score (nSPS) is 23.0. The standard InChI is InChI=1S/C6H13N3O2/c7-6(5-9(10)11)1-3-8-4-2-6/h8H,1-5,7H2. The number of nitrogens with two attached hydrogens (primary N) is 1. The Kier molecular flexibility index (Phi) is 2.41. The highest BCUT2D eigenvalue weighted by Gasteiger charge is 2.32. The lowest BCUT2D eigenvalue weighted by Gasteiger charge is -2.29. The Labute approximate surface area is 65.1 Å². The minimum absolute atomic E-state index is 0.103. The first-order valence-electron chi connectivity index (χ1n) is 3.74. The average Bonchev–Trinajstić information content (AvgIpc) is 1.85. The number of nitro groups is 1. The fraction of sp³-hybridized carbons (Fsp3) is 1.00. The Bertz CT molecular complexity index is 154. The van der Waals surface area contributed by atoms with Crippen LogP contribution < -0.4 is 11.1 Å². The molecule has 1 fully saturated rings. The summed E-state index contributed by atoms with van der Waals surface area (Å²) in [6, 6.07) is 0. The molecule has 1 rings (SSSR count). The Morgan fingerprint density at radius 3 is 2.55 bits per heavy atom. The Balaban J connectivity index is 2.43. The van der Waals surface area contributed by atoms with Gasteiger partial charge in [0.25, 0.3) is 0 Å². The molecule has 0 bridgehead atoms. The van der Waals surface area contributed by atoms with Gasteiger partial charge in [0.2, 0.25) is 6.54 Å². The van der Waals surface area contributed by atoms with Crippen molar-refractivity contribution in [3.05, 3.63) is 10.1 Å². The van der Waals surface area contributed by atoms with Crippen molar-refractivity contribution in [3.8, 4) is 0 Å². The third-order valence-electron chi connectivity index (χ3n) is 2.04. The van der Waals surface area contributed by atoms with Gasteiger partial charge in [0.05, 0.1) is 5.54 Å². The molecule has 1 heterocycles. The van der Waals surface area contributed by atoms with E-state index >= 15 is 0 Å². The topological polar surface area (TPSA) is 81.2 Å². The van der Waals surface area contributed by atoms with E-state index in [9.17, 15) is 10.1 Å². The molecule has 1 aliphatic heterocycles. The molecule has 0 saturated carbocycles. The van der Waals surface area contributed by atoms with Gasteiger partial charge in [-0.15, -0.1) is 0 Å². The summed E-state index contributed by atoms with van der Waals surface area (Å²) in [6.07, 6.45) is 1.40. The lowest BCUT2D eigenvalue weighted by atomic mass is 9.90. The summed E-state index contributed by atoms with van der Waals surface area (Å²) in [5.74, 6) is 0. The zero-order valence-corrected chi connectivity index (χ0v) is 6.38. The highest BCUT2D eigenvalue weighted by molar-refractivity contribution is 4.88. The van der Waals surface area contributed by atoms with E-state index in [1.165, 1.54) is 0 Å². The van der Waals surface area contributed by atoms with Gasteiger partial charge in [0.1, 0.15) is 0 Å². The minimum atomic E-state index is -0.561. The van der Waals surface area contributed by atoms with Gasteiger partial charge in [-0.25, -0.2) is 0 Å². The van der Waals surface area contributed by atoms with Crippen molar-refractivity contribution in [2.75, 3.05) is 19.6 Å². The summed E-state index contributed by atoms with van der Waals surface area (Å²) < 4.78 is 0. The smallest absolute Gasteiger partial charge is 0.221 e. The van der Waals surface area contributed by atoms with E-state index in [4.69, 9.17) is 5.73 Å². The Morgan fingerprint density at radius 2 is 2.09 bits per heavy atom. The van der Waals surface area contributed by atoms with Crippen molar-refractivity contribution in [2.45, 2.75) is 18.4 Å². The SMILES string of the molecule is NC1(C[N+](=O)[O-])CCNCC1. The molecule has 0 unspecified atom stereocenters. The lowest BCUT2D eigenvalue weighted by molar-refractivity contribution is -0.490. The third-order valence-corrected chi connectivity index (χ3v) is 2.04. The lowest BCUT2D eigenvalue weighted by Crippen LogP contribution is -2.53. The second-order valence-electron chi connectivity index (χ2n) is 3.10. The van der Waals surface area contributed by atoms with Gasteiger partial charge in [-0.2, -0.15) is 0 Å². The molecule has 5 nitrogen and oxygen atoms in total. The maximum Gasteiger partial charge on any atom is 0.221 e. The highest BCUT2D eigenvalue weighted by atomic mass is 16.6. The highest BCUT2D eigenvalue weighted by Crippen LogP contribution is 2.14. The number of nitrogens with zero attached hydrogens (tertiary/aromatic N) is 1. The van der Waals surface area contributed by atoms with Crippen LogP contribution in [0.25, 0.3) is 0 Å². The summed E-state index contributed by atoms with van der Waals surface area (Å²) in [5.41, 5.74) is 5.22. The zero-order chi connectivity index (χ0) is 8.32. The number of piperidine rings is 1. The summed E-state index contributed by atoms with van der Waals surface area (Å²) in [6.45, 7) is 1.49. The van der Waals surface area contributed by atoms with Crippen LogP contribution in [0.15, 0.2) is 0 Å². The molecule has 0 aromatic heterocycles. The molecule has 0 atom stereocenters. The van der Waals surface area contributed by atoms with Crippen molar-refractivity contribution in [1.82, 2.24) is 5.32 Å². The van der Waals surface area contributed by atoms with Crippen molar-refractivity contribution in [2.24, 2.45) is 5.73 Å². The number of nitrogens with one attached hydrogen (secondary N) is 1. The molecule has 0 spiro atoms. The fourth-order valence-electron chi connectivity index (χ4n) is 1.34. The van der Waals surface area contributed by atoms with Gasteiger partial charge in [0, 0.05) is 4.92 Å². The van der Waals surface area contributed by atoms with Gasteiger partial charge in [0.15, 0.2) is 0 Å². The van der Waals surface area contributed by atoms with E-state index in [1.54, 1.807) is 0 Å². The monoisotopic (exact) mass is 159 g/mol. The second-order valence-corrected chi connectivity index (χ2v) is 3.10. The van der Waals surface area contributed by atoms with Crippen molar-refractivity contribution in [3.63, 3.8) is 0 Å². The first-order chi connectivity index (χ1) is 5.12. The van der Waals surface area contributed by atoms with Gasteiger partial charge in [-0.3, -0.25) is 10.1 Å². The van der Waals surface area contributed by atoms with Crippen molar-refractivity contribution < 1.29 is 4.92 Å². The summed E-state index contributed by atoms with van der Waals surface area (Å²) >= 11 is 0. The number of rotatable bonds is 2. The van der Waals surface area contributed by atoms with Crippen LogP contribution in [0, 0.1) is 10.1 Å². The maximum atomic E-state index is 10.2. The molecule has 0 aromatic rings. The molecule has 0 amide bonds. The van der Waals surface area contributed by atoms with Gasteiger partial charge in [-0.1, -0.05) is 0 Å². The van der Waals surface area contributed by atoms with Gasteiger partial charge < -0.3 is 11.1 Å². The summed E-state index contributed by atoms with van der Waals surface area (Å²) in [4.78, 5) is 9.85. The molecular formula is C6H13N3O2. The molecule has 1 saturated heterocycles. The average molecular weight is 159 g/mol. The predicted octanol–water partition coefficient (Wildman–Crippen LogP) is -0.656. The Morgan fingerprint density at radius 1 is 1.55 bits per heavy atom. The first kappa shape index (κ1) is 8.42. The van der Waals surface area contributed by atoms with Crippen molar-refractivity contribution in [1.29, 1.82) is 0 Å². The largest absolute Gasteiger partial charge is 0.320 e. The van der Waals surface area contributed by atoms with Crippen LogP contribution in [0.5, 0.6) is 0 Å². The van der Waals surface area contributed by atoms with Crippen LogP contribution in [0.1, 0.15) is 12.8 Å². The number of hydrogen-bond donors (Lipinski definition) is 2. The maximum absolute atomic E-state index is 10.2. The molecule has 64 valence electrons. The van der Waals surface area contributed by atoms with E-state index in [0.717, 1.165) is 13.1 Å². The fourth-order valence-corrected chi connectivity index (χ4v) is 1.34.